The first-order valence-electron chi connectivity index (χ1n) is 15.5. The number of nitrogens with one attached hydrogen (secondary N) is 1. The molecule has 1 fully saturated rings. The molecule has 3 aromatic rings. The summed E-state index contributed by atoms with van der Waals surface area (Å²) in [7, 11) is 0. The van der Waals surface area contributed by atoms with E-state index in [9.17, 15) is 4.79 Å². The van der Waals surface area contributed by atoms with Crippen LogP contribution < -0.4 is 0 Å². The van der Waals surface area contributed by atoms with Crippen LogP contribution in [0.4, 0.5) is 0 Å². The Bertz CT molecular complexity index is 1380. The summed E-state index contributed by atoms with van der Waals surface area (Å²) in [5.74, 6) is -1.19. The highest BCUT2D eigenvalue weighted by molar-refractivity contribution is 6.76. The average Bonchev–Trinajstić information content (AvgIpc) is 3.07. The maximum absolute atomic E-state index is 13.2. The second-order valence-electron chi connectivity index (χ2n) is 11.0. The summed E-state index contributed by atoms with van der Waals surface area (Å²) < 4.78 is 35.1. The first-order chi connectivity index (χ1) is 22.7. The minimum Gasteiger partial charge on any atom is -0.453 e. The Morgan fingerprint density at radius 2 is 1.30 bits per heavy atom. The van der Waals surface area contributed by atoms with Gasteiger partial charge in [0.25, 0.3) is 3.79 Å². The number of carbonyl (C=O) groups excluding carboxylic acids is 1. The van der Waals surface area contributed by atoms with Crippen molar-refractivity contribution in [1.82, 2.24) is 0 Å². The van der Waals surface area contributed by atoms with Gasteiger partial charge in [-0.15, -0.1) is 6.58 Å². The number of halogens is 3. The summed E-state index contributed by atoms with van der Waals surface area (Å²) in [6.45, 7) is 4.48. The number of unbranched alkanes of at least 4 members (excludes halogenated alkanes) is 2. The highest BCUT2D eigenvalue weighted by atomic mass is 35.6. The zero-order chi connectivity index (χ0) is 33.5. The Balaban J connectivity index is 1.66. The van der Waals surface area contributed by atoms with Crippen LogP contribution in [-0.4, -0.2) is 53.0 Å². The van der Waals surface area contributed by atoms with Crippen LogP contribution in [-0.2, 0) is 53.0 Å². The molecule has 3 aromatic carbocycles. The van der Waals surface area contributed by atoms with E-state index >= 15 is 0 Å². The number of esters is 1. The van der Waals surface area contributed by atoms with E-state index in [2.05, 4.69) is 6.58 Å². The molecule has 1 aliphatic heterocycles. The fourth-order valence-corrected chi connectivity index (χ4v) is 5.11. The van der Waals surface area contributed by atoms with Gasteiger partial charge in [0.05, 0.1) is 26.4 Å². The average molecular weight is 705 g/mol. The lowest BCUT2D eigenvalue weighted by Gasteiger charge is -2.45. The highest BCUT2D eigenvalue weighted by Crippen LogP contribution is 2.34. The van der Waals surface area contributed by atoms with Gasteiger partial charge in [0, 0.05) is 6.42 Å². The number of ether oxygens (including phenoxy) is 6. The molecule has 0 spiro atoms. The summed E-state index contributed by atoms with van der Waals surface area (Å²) in [5.41, 5.74) is 2.78. The van der Waals surface area contributed by atoms with Gasteiger partial charge in [-0.3, -0.25) is 10.2 Å². The number of allylic oxidation sites excluding steroid dienone is 1. The van der Waals surface area contributed by atoms with Gasteiger partial charge in [0.1, 0.15) is 18.3 Å². The van der Waals surface area contributed by atoms with Crippen molar-refractivity contribution < 1.29 is 33.2 Å². The fraction of sp³-hybridized carbons (Fsp3) is 0.389. The number of benzene rings is 3. The zero-order valence-electron chi connectivity index (χ0n) is 26.0. The molecule has 1 saturated heterocycles. The molecule has 0 aromatic heterocycles. The molecule has 4 rings (SSSR count). The fourth-order valence-electron chi connectivity index (χ4n) is 4.98. The second-order valence-corrected chi connectivity index (χ2v) is 13.3. The first kappa shape index (κ1) is 36.9. The Labute approximate surface area is 291 Å². The van der Waals surface area contributed by atoms with E-state index < -0.39 is 46.4 Å². The van der Waals surface area contributed by atoms with Crippen LogP contribution in [0, 0.1) is 5.41 Å². The SMILES string of the molecule is C=CCCCCC(=O)O[C@H]1C(OC(=N)C(Cl)(Cl)Cl)O[C@H](COCc2ccccc2)[C@@H](OCc2ccccc2)[C@@H]1OCc1ccccc1. The lowest BCUT2D eigenvalue weighted by Crippen LogP contribution is -2.62. The normalized spacial score (nSPS) is 21.1. The van der Waals surface area contributed by atoms with Crippen LogP contribution in [0.1, 0.15) is 42.4 Å². The van der Waals surface area contributed by atoms with Crippen LogP contribution in [0.2, 0.25) is 0 Å². The number of alkyl halides is 3. The largest absolute Gasteiger partial charge is 0.453 e. The second kappa shape index (κ2) is 19.1. The van der Waals surface area contributed by atoms with E-state index in [-0.39, 0.29) is 26.2 Å². The summed E-state index contributed by atoms with van der Waals surface area (Å²) in [6, 6.07) is 28.9. The Morgan fingerprint density at radius 3 is 1.83 bits per heavy atom. The van der Waals surface area contributed by atoms with Crippen molar-refractivity contribution in [2.45, 2.75) is 80.0 Å². The van der Waals surface area contributed by atoms with Crippen LogP contribution in [0.15, 0.2) is 104 Å². The van der Waals surface area contributed by atoms with E-state index in [1.54, 1.807) is 6.08 Å². The van der Waals surface area contributed by atoms with Crippen molar-refractivity contribution in [1.29, 1.82) is 5.41 Å². The summed E-state index contributed by atoms with van der Waals surface area (Å²) >= 11 is 18.0. The molecule has 0 radical (unpaired) electrons. The number of carbonyl (C=O) groups is 1. The highest BCUT2D eigenvalue weighted by Gasteiger charge is 2.52. The predicted molar refractivity (Wildman–Crippen MR) is 182 cm³/mol. The smallest absolute Gasteiger partial charge is 0.306 e. The van der Waals surface area contributed by atoms with E-state index in [1.807, 2.05) is 91.0 Å². The van der Waals surface area contributed by atoms with Crippen LogP contribution in [0.3, 0.4) is 0 Å². The third-order valence-electron chi connectivity index (χ3n) is 7.35. The van der Waals surface area contributed by atoms with E-state index in [4.69, 9.17) is 68.6 Å². The summed E-state index contributed by atoms with van der Waals surface area (Å²) in [4.78, 5) is 13.2. The molecule has 8 nitrogen and oxygen atoms in total. The molecule has 0 saturated carbocycles. The van der Waals surface area contributed by atoms with Gasteiger partial charge < -0.3 is 28.4 Å². The topological polar surface area (TPSA) is 96.3 Å². The lowest BCUT2D eigenvalue weighted by atomic mass is 9.97. The molecular weight excluding hydrogens is 665 g/mol. The monoisotopic (exact) mass is 703 g/mol. The Hall–Kier alpha value is -2.95. The zero-order valence-corrected chi connectivity index (χ0v) is 28.2. The van der Waals surface area contributed by atoms with Gasteiger partial charge in [-0.25, -0.2) is 0 Å². The number of rotatable bonds is 17. The molecule has 252 valence electrons. The number of hydrogen-bond acceptors (Lipinski definition) is 8. The van der Waals surface area contributed by atoms with Crippen molar-refractivity contribution in [3.8, 4) is 0 Å². The molecule has 1 unspecified atom stereocenters. The van der Waals surface area contributed by atoms with Crippen molar-refractivity contribution in [3.63, 3.8) is 0 Å². The molecule has 0 amide bonds. The predicted octanol–water partition coefficient (Wildman–Crippen LogP) is 8.12. The summed E-state index contributed by atoms with van der Waals surface area (Å²) in [5, 5.41) is 8.32. The van der Waals surface area contributed by atoms with Gasteiger partial charge >= 0.3 is 5.97 Å². The quantitative estimate of drug-likeness (QED) is 0.0379. The Morgan fingerprint density at radius 1 is 0.766 bits per heavy atom. The van der Waals surface area contributed by atoms with Crippen molar-refractivity contribution in [3.05, 3.63) is 120 Å². The van der Waals surface area contributed by atoms with Crippen LogP contribution in [0.5, 0.6) is 0 Å². The van der Waals surface area contributed by atoms with Gasteiger partial charge in [-0.2, -0.15) is 0 Å². The molecular formula is C36H40Cl3NO7. The molecule has 5 atom stereocenters. The van der Waals surface area contributed by atoms with Crippen molar-refractivity contribution in [2.75, 3.05) is 6.61 Å². The summed E-state index contributed by atoms with van der Waals surface area (Å²) in [6.07, 6.45) is -1.00. The minimum absolute atomic E-state index is 0.0583. The third kappa shape index (κ3) is 12.2. The van der Waals surface area contributed by atoms with E-state index in [0.717, 1.165) is 29.5 Å². The third-order valence-corrected chi connectivity index (χ3v) is 7.87. The molecule has 1 aliphatic rings. The molecule has 11 heteroatoms. The van der Waals surface area contributed by atoms with Crippen molar-refractivity contribution in [2.24, 2.45) is 0 Å². The van der Waals surface area contributed by atoms with Gasteiger partial charge in [0.15, 0.2) is 6.10 Å². The molecule has 1 heterocycles. The molecule has 0 bridgehead atoms. The first-order valence-corrected chi connectivity index (χ1v) is 16.6. The maximum Gasteiger partial charge on any atom is 0.306 e. The minimum atomic E-state index is -2.19. The molecule has 47 heavy (non-hydrogen) atoms. The molecule has 1 N–H and O–H groups in total. The maximum atomic E-state index is 13.2. The number of hydrogen-bond donors (Lipinski definition) is 1. The van der Waals surface area contributed by atoms with Crippen LogP contribution >= 0.6 is 34.8 Å². The van der Waals surface area contributed by atoms with Crippen molar-refractivity contribution >= 4 is 46.7 Å². The van der Waals surface area contributed by atoms with Gasteiger partial charge in [-0.05, 0) is 36.0 Å². The Kier molecular flexibility index (Phi) is 15.0. The van der Waals surface area contributed by atoms with Crippen LogP contribution in [0.25, 0.3) is 0 Å². The standard InChI is InChI=1S/C36H40Cl3NO7/c1-2-3-4-14-21-30(41)46-33-32(44-24-28-19-12-7-13-20-28)31(43-23-27-17-10-6-11-18-27)29(25-42-22-26-15-8-5-9-16-26)45-34(33)47-35(40)36(37,38)39/h2,5-13,15-20,29,31-34,40H,1,3-4,14,21-25H2/t29-,31-,32+,33-,34?/m1/s1. The van der Waals surface area contributed by atoms with E-state index in [1.165, 1.54) is 0 Å². The van der Waals surface area contributed by atoms with Gasteiger partial charge in [-0.1, -0.05) is 132 Å². The molecule has 0 aliphatic carbocycles. The van der Waals surface area contributed by atoms with E-state index in [0.29, 0.717) is 13.0 Å². The lowest BCUT2D eigenvalue weighted by molar-refractivity contribution is -0.306. The van der Waals surface area contributed by atoms with Gasteiger partial charge in [0.2, 0.25) is 12.2 Å².